The van der Waals surface area contributed by atoms with E-state index in [2.05, 4.69) is 19.8 Å². The van der Waals surface area contributed by atoms with Crippen LogP contribution in [0, 0.1) is 5.92 Å². The maximum absolute atomic E-state index is 12.2. The molecule has 2 fully saturated rings. The van der Waals surface area contributed by atoms with E-state index in [4.69, 9.17) is 5.73 Å². The highest BCUT2D eigenvalue weighted by Crippen LogP contribution is 2.31. The number of H-pyrrole nitrogens is 1. The van der Waals surface area contributed by atoms with Crippen LogP contribution in [0.15, 0.2) is 12.5 Å². The highest BCUT2D eigenvalue weighted by Gasteiger charge is 2.38. The van der Waals surface area contributed by atoms with Crippen LogP contribution in [0.3, 0.4) is 0 Å². The Morgan fingerprint density at radius 2 is 2.33 bits per heavy atom. The van der Waals surface area contributed by atoms with E-state index >= 15 is 0 Å². The fourth-order valence-corrected chi connectivity index (χ4v) is 3.73. The molecule has 0 radical (unpaired) electrons. The number of likely N-dealkylation sites (tertiary alicyclic amines) is 2. The molecule has 3 N–H and O–H groups in total. The molecular weight excluding hydrogens is 266 g/mol. The van der Waals surface area contributed by atoms with Gasteiger partial charge in [-0.25, -0.2) is 4.98 Å². The molecule has 3 rings (SSSR count). The number of aromatic nitrogens is 2. The van der Waals surface area contributed by atoms with Crippen LogP contribution in [0.25, 0.3) is 0 Å². The zero-order valence-corrected chi connectivity index (χ0v) is 12.5. The molecule has 2 aliphatic rings. The molecule has 0 bridgehead atoms. The lowest BCUT2D eigenvalue weighted by atomic mass is 9.83. The largest absolute Gasteiger partial charge is 0.347 e. The fourth-order valence-electron chi connectivity index (χ4n) is 3.73. The van der Waals surface area contributed by atoms with E-state index in [9.17, 15) is 4.79 Å². The third kappa shape index (κ3) is 3.27. The van der Waals surface area contributed by atoms with E-state index in [1.807, 2.05) is 6.20 Å². The SMILES string of the molecule is NCCCN1C(=O)CC[C@H]2CN(Cc3cnc[nH]3)CC[C@H]21. The first-order valence-electron chi connectivity index (χ1n) is 7.97. The van der Waals surface area contributed by atoms with Crippen molar-refractivity contribution in [1.82, 2.24) is 19.8 Å². The Morgan fingerprint density at radius 1 is 1.43 bits per heavy atom. The molecule has 0 aromatic carbocycles. The van der Waals surface area contributed by atoms with Crippen molar-refractivity contribution in [2.24, 2.45) is 11.7 Å². The molecule has 6 heteroatoms. The molecule has 0 spiro atoms. The number of aromatic amines is 1. The number of carbonyl (C=O) groups excluding carboxylic acids is 1. The Kier molecular flexibility index (Phi) is 4.55. The molecule has 6 nitrogen and oxygen atoms in total. The first-order valence-corrected chi connectivity index (χ1v) is 7.97. The van der Waals surface area contributed by atoms with Crippen molar-refractivity contribution in [3.63, 3.8) is 0 Å². The van der Waals surface area contributed by atoms with Crippen LogP contribution in [0.2, 0.25) is 0 Å². The number of fused-ring (bicyclic) bond motifs is 1. The monoisotopic (exact) mass is 291 g/mol. The summed E-state index contributed by atoms with van der Waals surface area (Å²) in [5.74, 6) is 0.934. The van der Waals surface area contributed by atoms with Gasteiger partial charge < -0.3 is 15.6 Å². The van der Waals surface area contributed by atoms with E-state index in [0.717, 1.165) is 45.4 Å². The number of nitrogens with two attached hydrogens (primary N) is 1. The van der Waals surface area contributed by atoms with Crippen LogP contribution in [0.5, 0.6) is 0 Å². The van der Waals surface area contributed by atoms with Crippen molar-refractivity contribution in [2.75, 3.05) is 26.2 Å². The van der Waals surface area contributed by atoms with Gasteiger partial charge in [0.2, 0.25) is 5.91 Å². The minimum atomic E-state index is 0.326. The Labute approximate surface area is 125 Å². The van der Waals surface area contributed by atoms with Gasteiger partial charge in [0.25, 0.3) is 0 Å². The molecule has 2 atom stereocenters. The van der Waals surface area contributed by atoms with Crippen LogP contribution in [-0.4, -0.2) is 57.9 Å². The summed E-state index contributed by atoms with van der Waals surface area (Å²) in [5, 5.41) is 0. The van der Waals surface area contributed by atoms with Crippen molar-refractivity contribution in [2.45, 2.75) is 38.3 Å². The van der Waals surface area contributed by atoms with Crippen LogP contribution in [0.4, 0.5) is 0 Å². The summed E-state index contributed by atoms with van der Waals surface area (Å²) < 4.78 is 0. The van der Waals surface area contributed by atoms with Gasteiger partial charge in [0.15, 0.2) is 0 Å². The Bertz CT molecular complexity index is 461. The zero-order valence-electron chi connectivity index (χ0n) is 12.5. The molecule has 0 saturated carbocycles. The number of hydrogen-bond donors (Lipinski definition) is 2. The summed E-state index contributed by atoms with van der Waals surface area (Å²) in [4.78, 5) is 24.0. The number of imidazole rings is 1. The van der Waals surface area contributed by atoms with Crippen LogP contribution >= 0.6 is 0 Å². The van der Waals surface area contributed by atoms with Gasteiger partial charge in [-0.05, 0) is 31.7 Å². The highest BCUT2D eigenvalue weighted by molar-refractivity contribution is 5.77. The molecule has 3 heterocycles. The number of nitrogens with one attached hydrogen (secondary N) is 1. The highest BCUT2D eigenvalue weighted by atomic mass is 16.2. The van der Waals surface area contributed by atoms with Crippen LogP contribution in [0.1, 0.15) is 31.4 Å². The number of amides is 1. The summed E-state index contributed by atoms with van der Waals surface area (Å²) in [7, 11) is 0. The number of hydrogen-bond acceptors (Lipinski definition) is 4. The van der Waals surface area contributed by atoms with Gasteiger partial charge >= 0.3 is 0 Å². The van der Waals surface area contributed by atoms with Gasteiger partial charge in [-0.1, -0.05) is 0 Å². The van der Waals surface area contributed by atoms with Gasteiger partial charge in [0.1, 0.15) is 0 Å². The molecule has 2 aliphatic heterocycles. The number of rotatable bonds is 5. The van der Waals surface area contributed by atoms with Crippen molar-refractivity contribution in [3.05, 3.63) is 18.2 Å². The van der Waals surface area contributed by atoms with E-state index < -0.39 is 0 Å². The predicted molar refractivity (Wildman–Crippen MR) is 80.4 cm³/mol. The van der Waals surface area contributed by atoms with E-state index in [1.165, 1.54) is 5.69 Å². The maximum atomic E-state index is 12.2. The summed E-state index contributed by atoms with van der Waals surface area (Å²) >= 11 is 0. The summed E-state index contributed by atoms with van der Waals surface area (Å²) in [5.41, 5.74) is 6.77. The summed E-state index contributed by atoms with van der Waals surface area (Å²) in [6.45, 7) is 4.55. The van der Waals surface area contributed by atoms with Gasteiger partial charge in [0.05, 0.1) is 6.33 Å². The topological polar surface area (TPSA) is 78.2 Å². The minimum absolute atomic E-state index is 0.326. The third-order valence-corrected chi connectivity index (χ3v) is 4.78. The van der Waals surface area contributed by atoms with E-state index in [-0.39, 0.29) is 0 Å². The standard InChI is InChI=1S/C15H25N5O/c16-5-1-6-20-14-4-7-19(10-13-8-17-11-18-13)9-12(14)2-3-15(20)21/h8,11-12,14H,1-7,9-10,16H2,(H,17,18)/t12-,14+/m0/s1. The summed E-state index contributed by atoms with van der Waals surface area (Å²) in [6.07, 6.45) is 7.34. The van der Waals surface area contributed by atoms with Gasteiger partial charge in [-0.2, -0.15) is 0 Å². The van der Waals surface area contributed by atoms with Crippen molar-refractivity contribution in [1.29, 1.82) is 0 Å². The Hall–Kier alpha value is -1.40. The molecule has 116 valence electrons. The normalized spacial score (nSPS) is 26.9. The van der Waals surface area contributed by atoms with Crippen LogP contribution < -0.4 is 5.73 Å². The lowest BCUT2D eigenvalue weighted by Crippen LogP contribution is -2.56. The fraction of sp³-hybridized carbons (Fsp3) is 0.733. The van der Waals surface area contributed by atoms with E-state index in [1.54, 1.807) is 6.33 Å². The molecule has 0 unspecified atom stereocenters. The maximum Gasteiger partial charge on any atom is 0.222 e. The first kappa shape index (κ1) is 14.5. The third-order valence-electron chi connectivity index (χ3n) is 4.78. The minimum Gasteiger partial charge on any atom is -0.347 e. The molecule has 0 aliphatic carbocycles. The average molecular weight is 291 g/mol. The van der Waals surface area contributed by atoms with Crippen molar-refractivity contribution >= 4 is 5.91 Å². The number of nitrogens with zero attached hydrogens (tertiary/aromatic N) is 3. The second kappa shape index (κ2) is 6.58. The molecule has 2 saturated heterocycles. The predicted octanol–water partition coefficient (Wildman–Crippen LogP) is 0.571. The Morgan fingerprint density at radius 3 is 3.10 bits per heavy atom. The molecule has 1 amide bonds. The molecule has 1 aromatic heterocycles. The second-order valence-electron chi connectivity index (χ2n) is 6.20. The molecule has 21 heavy (non-hydrogen) atoms. The number of piperidine rings is 2. The lowest BCUT2D eigenvalue weighted by Gasteiger charge is -2.47. The molecular formula is C15H25N5O. The first-order chi connectivity index (χ1) is 10.3. The van der Waals surface area contributed by atoms with Gasteiger partial charge in [-0.15, -0.1) is 0 Å². The summed E-state index contributed by atoms with van der Waals surface area (Å²) in [6, 6.07) is 0.427. The number of carbonyl (C=O) groups is 1. The molecule has 1 aromatic rings. The quantitative estimate of drug-likeness (QED) is 0.831. The lowest BCUT2D eigenvalue weighted by molar-refractivity contribution is -0.141. The van der Waals surface area contributed by atoms with Crippen LogP contribution in [-0.2, 0) is 11.3 Å². The average Bonchev–Trinajstić information content (AvgIpc) is 2.99. The smallest absolute Gasteiger partial charge is 0.222 e. The van der Waals surface area contributed by atoms with Crippen molar-refractivity contribution < 1.29 is 4.79 Å². The Balaban J connectivity index is 1.60. The second-order valence-corrected chi connectivity index (χ2v) is 6.20. The van der Waals surface area contributed by atoms with Gasteiger partial charge in [-0.3, -0.25) is 9.69 Å². The zero-order chi connectivity index (χ0) is 14.7. The van der Waals surface area contributed by atoms with Gasteiger partial charge in [0, 0.05) is 50.5 Å². The van der Waals surface area contributed by atoms with E-state index in [0.29, 0.717) is 30.8 Å². The van der Waals surface area contributed by atoms with Crippen molar-refractivity contribution in [3.8, 4) is 0 Å².